The molecule has 0 aliphatic carbocycles. The summed E-state index contributed by atoms with van der Waals surface area (Å²) in [5.74, 6) is -7.09. The maximum Gasteiger partial charge on any atom is 3.00 e. The molecule has 0 aliphatic heterocycles. The van der Waals surface area contributed by atoms with Crippen LogP contribution in [0.2, 0.25) is 0 Å². The van der Waals surface area contributed by atoms with Crippen LogP contribution in [0.4, 0.5) is 0 Å². The first-order valence-electron chi connectivity index (χ1n) is 26.3. The molecule has 2 unspecified atom stereocenters. The molecular formula is C53H96N2NiO15+3. The number of hydrogen-bond donors (Lipinski definition) is 1. The number of hydrogen-bond acceptors (Lipinski definition) is 14. The van der Waals surface area contributed by atoms with Gasteiger partial charge in [-0.05, 0) is 83.5 Å². The second-order valence-electron chi connectivity index (χ2n) is 18.0. The minimum absolute atomic E-state index is 0. The van der Waals surface area contributed by atoms with Gasteiger partial charge in [-0.2, -0.15) is 0 Å². The smallest absolute Gasteiger partial charge is 0.549 e. The third-order valence-electron chi connectivity index (χ3n) is 11.6. The first-order chi connectivity index (χ1) is 32.9. The van der Waals surface area contributed by atoms with Crippen LogP contribution in [0.5, 0.6) is 0 Å². The van der Waals surface area contributed by atoms with Crippen LogP contribution in [-0.4, -0.2) is 91.6 Å². The molecule has 0 spiro atoms. The molecule has 0 aromatic rings. The molecule has 0 saturated heterocycles. The third-order valence-corrected chi connectivity index (χ3v) is 11.6. The molecule has 2 atom stereocenters. The van der Waals surface area contributed by atoms with Gasteiger partial charge in [0.2, 0.25) is 5.91 Å². The molecule has 18 heteroatoms. The maximum atomic E-state index is 12.8. The van der Waals surface area contributed by atoms with Gasteiger partial charge in [0.25, 0.3) is 0 Å². The number of aliphatic carboxylic acids is 3. The molecule has 0 rings (SSSR count). The molecule has 71 heavy (non-hydrogen) atoms. The van der Waals surface area contributed by atoms with Crippen LogP contribution in [0, 0.1) is 0 Å². The summed E-state index contributed by atoms with van der Waals surface area (Å²) in [6.45, 7) is 2.06. The van der Waals surface area contributed by atoms with E-state index in [1.165, 1.54) is 77.0 Å². The number of carboxylic acid groups (broad SMARTS) is 3. The molecule has 17 nitrogen and oxygen atoms in total. The zero-order chi connectivity index (χ0) is 50.3. The van der Waals surface area contributed by atoms with Crippen molar-refractivity contribution in [2.45, 2.75) is 238 Å². The summed E-state index contributed by atoms with van der Waals surface area (Å²) in [5, 5.41) is 36.1. The van der Waals surface area contributed by atoms with Gasteiger partial charge in [0.15, 0.2) is 6.10 Å². The Hall–Kier alpha value is -3.86. The summed E-state index contributed by atoms with van der Waals surface area (Å²) >= 11 is 0. The van der Waals surface area contributed by atoms with Crippen molar-refractivity contribution in [1.29, 1.82) is 0 Å². The van der Waals surface area contributed by atoms with Crippen LogP contribution in [0.25, 0.3) is 0 Å². The second-order valence-corrected chi connectivity index (χ2v) is 18.0. The van der Waals surface area contributed by atoms with E-state index in [0.717, 1.165) is 77.0 Å². The maximum absolute atomic E-state index is 12.8. The van der Waals surface area contributed by atoms with Gasteiger partial charge in [-0.25, -0.2) is 0 Å². The summed E-state index contributed by atoms with van der Waals surface area (Å²) in [7, 11) is 0. The molecule has 7 N–H and O–H groups in total. The van der Waals surface area contributed by atoms with Gasteiger partial charge in [0, 0.05) is 38.9 Å². The quantitative estimate of drug-likeness (QED) is 0.0202. The Morgan fingerprint density at radius 3 is 1.28 bits per heavy atom. The van der Waals surface area contributed by atoms with Gasteiger partial charge in [-0.15, -0.1) is 0 Å². The van der Waals surface area contributed by atoms with Gasteiger partial charge < -0.3 is 60.2 Å². The van der Waals surface area contributed by atoms with Gasteiger partial charge in [0.1, 0.15) is 13.2 Å². The SMILES string of the molecule is CCCCCCCC/C=C/CCCCCCCC(=O)OCC(COC(=O)CCC(=O)NCCCCC(C(=O)[O-])N(CC(=O)[O-])CC(=O)[O-])OC(=O)CCCCCCC/C=C/CCCCCCCC.[H+].[Ni+3].[OH3+].[OH3+]. The number of allylic oxidation sites excluding steroid dienone is 4. The molecule has 415 valence electrons. The molecular weight excluding hydrogens is 963 g/mol. The molecule has 0 aromatic carbocycles. The fourth-order valence-electron chi connectivity index (χ4n) is 7.61. The normalized spacial score (nSPS) is 11.8. The summed E-state index contributed by atoms with van der Waals surface area (Å²) in [6.07, 6.45) is 37.9. The van der Waals surface area contributed by atoms with Crippen molar-refractivity contribution >= 4 is 41.7 Å². The van der Waals surface area contributed by atoms with E-state index in [-0.39, 0.29) is 93.6 Å². The van der Waals surface area contributed by atoms with Crippen LogP contribution >= 0.6 is 0 Å². The van der Waals surface area contributed by atoms with Crippen LogP contribution in [-0.2, 0) is 75.2 Å². The van der Waals surface area contributed by atoms with E-state index in [0.29, 0.717) is 17.7 Å². The number of nitrogens with one attached hydrogen (secondary N) is 1. The third kappa shape index (κ3) is 50.9. The van der Waals surface area contributed by atoms with Crippen molar-refractivity contribution < 1.29 is 92.0 Å². The molecule has 1 amide bonds. The Kier molecular flexibility index (Phi) is 56.0. The Bertz CT molecular complexity index is 1410. The number of amides is 1. The fraction of sp³-hybridized carbons (Fsp3) is 0.792. The summed E-state index contributed by atoms with van der Waals surface area (Å²) < 4.78 is 16.4. The molecule has 0 aromatic heterocycles. The Morgan fingerprint density at radius 2 is 0.873 bits per heavy atom. The summed E-state index contributed by atoms with van der Waals surface area (Å²) in [5.41, 5.74) is 0. The average Bonchev–Trinajstić information content (AvgIpc) is 3.29. The number of unbranched alkanes of at least 4 members (excludes halogenated alkanes) is 23. The van der Waals surface area contributed by atoms with E-state index in [4.69, 9.17) is 14.2 Å². The number of nitrogens with zero attached hydrogens (tertiary/aromatic N) is 1. The Labute approximate surface area is 437 Å². The van der Waals surface area contributed by atoms with Crippen molar-refractivity contribution in [3.63, 3.8) is 0 Å². The van der Waals surface area contributed by atoms with Crippen LogP contribution < -0.4 is 20.6 Å². The largest absolute Gasteiger partial charge is 3.00 e. The summed E-state index contributed by atoms with van der Waals surface area (Å²) in [4.78, 5) is 84.6. The van der Waals surface area contributed by atoms with E-state index in [1.54, 1.807) is 0 Å². The van der Waals surface area contributed by atoms with E-state index in [2.05, 4.69) is 43.5 Å². The standard InChI is InChI=1S/C53H92N2O13.Ni.2H2O/c1-3-5-7-9-11-13-15-17-19-21-23-25-27-29-31-36-50(61)66-43-45(68-52(63)37-32-30-28-26-24-22-20-18-16-14-12-10-8-6-4-2)44-67-51(62)39-38-47(56)54-40-34-33-35-46(53(64)65)55(41-48(57)58)42-49(59)60;;;/h17-20,45-46H,3-16,21-44H2,1-2H3,(H,54,56)(H,57,58)(H,59,60)(H,64,65);;2*1H2/q;+3;;/b19-17+,20-18+;;;. The van der Waals surface area contributed by atoms with Crippen LogP contribution in [0.1, 0.15) is 227 Å². The minimum atomic E-state index is -1.66. The number of ether oxygens (including phenoxy) is 3. The van der Waals surface area contributed by atoms with E-state index in [9.17, 15) is 48.9 Å². The molecule has 0 bridgehead atoms. The number of carboxylic acids is 3. The van der Waals surface area contributed by atoms with Gasteiger partial charge in [0.05, 0.1) is 30.4 Å². The molecule has 1 radical (unpaired) electrons. The van der Waals surface area contributed by atoms with E-state index < -0.39 is 67.0 Å². The Balaban J connectivity index is -0.00000374. The van der Waals surface area contributed by atoms with Gasteiger partial charge >= 0.3 is 35.8 Å². The fourth-order valence-corrected chi connectivity index (χ4v) is 7.61. The van der Waals surface area contributed by atoms with Gasteiger partial charge in [-0.3, -0.25) is 24.1 Å². The average molecular weight is 1060 g/mol. The van der Waals surface area contributed by atoms with Crippen molar-refractivity contribution in [3.05, 3.63) is 24.3 Å². The first-order valence-corrected chi connectivity index (χ1v) is 26.3. The van der Waals surface area contributed by atoms with Crippen LogP contribution in [0.3, 0.4) is 0 Å². The van der Waals surface area contributed by atoms with Crippen molar-refractivity contribution in [2.75, 3.05) is 32.8 Å². The van der Waals surface area contributed by atoms with Crippen molar-refractivity contribution in [1.82, 2.24) is 10.2 Å². The Morgan fingerprint density at radius 1 is 0.493 bits per heavy atom. The zero-order valence-electron chi connectivity index (χ0n) is 44.6. The molecule has 0 fully saturated rings. The zero-order valence-corrected chi connectivity index (χ0v) is 44.5. The van der Waals surface area contributed by atoms with Crippen molar-refractivity contribution in [3.8, 4) is 0 Å². The molecule has 0 heterocycles. The minimum Gasteiger partial charge on any atom is -0.549 e. The van der Waals surface area contributed by atoms with E-state index in [1.807, 2.05) is 0 Å². The monoisotopic (exact) mass is 1060 g/mol. The number of carbonyl (C=O) groups is 7. The second kappa shape index (κ2) is 53.9. The number of esters is 3. The molecule has 0 aliphatic rings. The topological polar surface area (TPSA) is 298 Å². The number of carbonyl (C=O) groups excluding carboxylic acids is 7. The van der Waals surface area contributed by atoms with E-state index >= 15 is 0 Å². The predicted molar refractivity (Wildman–Crippen MR) is 268 cm³/mol. The summed E-state index contributed by atoms with van der Waals surface area (Å²) in [6, 6.07) is -1.52. The number of rotatable bonds is 49. The molecule has 0 saturated carbocycles. The van der Waals surface area contributed by atoms with Crippen LogP contribution in [0.15, 0.2) is 24.3 Å². The predicted octanol–water partition coefficient (Wildman–Crippen LogP) is 5.31. The van der Waals surface area contributed by atoms with Crippen molar-refractivity contribution in [2.24, 2.45) is 0 Å². The first kappa shape index (κ1) is 73.7. The van der Waals surface area contributed by atoms with Gasteiger partial charge in [-0.1, -0.05) is 141 Å².